The highest BCUT2D eigenvalue weighted by Gasteiger charge is 2.31. The van der Waals surface area contributed by atoms with Crippen molar-refractivity contribution < 1.29 is 14.4 Å². The first-order valence-electron chi connectivity index (χ1n) is 5.38. The van der Waals surface area contributed by atoms with Crippen molar-refractivity contribution in [2.75, 3.05) is 11.4 Å². The molecule has 1 N–H and O–H groups in total. The first-order chi connectivity index (χ1) is 8.52. The first-order valence-corrected chi connectivity index (χ1v) is 5.76. The van der Waals surface area contributed by atoms with Gasteiger partial charge in [-0.2, -0.15) is 0 Å². The minimum absolute atomic E-state index is 0.0371. The fourth-order valence-corrected chi connectivity index (χ4v) is 2.07. The number of imide groups is 1. The molecule has 1 atom stereocenters. The number of aldehydes is 1. The fraction of sp³-hybridized carbons (Fsp3) is 0.250. The number of nitrogens with zero attached hydrogens (tertiary/aromatic N) is 1. The molecule has 1 unspecified atom stereocenters. The van der Waals surface area contributed by atoms with Crippen LogP contribution in [0.3, 0.4) is 0 Å². The van der Waals surface area contributed by atoms with Crippen molar-refractivity contribution in [1.29, 1.82) is 0 Å². The van der Waals surface area contributed by atoms with E-state index in [1.165, 1.54) is 6.07 Å². The van der Waals surface area contributed by atoms with Crippen LogP contribution in [0.4, 0.5) is 5.69 Å². The summed E-state index contributed by atoms with van der Waals surface area (Å²) in [7, 11) is 0. The van der Waals surface area contributed by atoms with Crippen molar-refractivity contribution >= 4 is 35.4 Å². The Bertz CT molecular complexity index is 530. The smallest absolute Gasteiger partial charge is 0.249 e. The van der Waals surface area contributed by atoms with Crippen LogP contribution in [-0.4, -0.2) is 30.7 Å². The van der Waals surface area contributed by atoms with Gasteiger partial charge in [0.25, 0.3) is 0 Å². The van der Waals surface area contributed by atoms with Gasteiger partial charge >= 0.3 is 0 Å². The van der Waals surface area contributed by atoms with E-state index in [0.29, 0.717) is 22.6 Å². The summed E-state index contributed by atoms with van der Waals surface area (Å²) in [6.07, 6.45) is 0.658. The molecule has 0 radical (unpaired) electrons. The van der Waals surface area contributed by atoms with Gasteiger partial charge in [0.1, 0.15) is 6.04 Å². The van der Waals surface area contributed by atoms with E-state index in [4.69, 9.17) is 11.6 Å². The molecule has 1 saturated heterocycles. The standard InChI is InChI=1S/C12H11ClN2O3/c1-7-12(18)14-11(17)5-15(7)10-3-2-9(13)4-8(10)6-16/h2-4,6-7H,5H2,1H3,(H,14,17,18). The predicted molar refractivity (Wildman–Crippen MR) is 66.8 cm³/mol. The van der Waals surface area contributed by atoms with Gasteiger partial charge < -0.3 is 4.90 Å². The van der Waals surface area contributed by atoms with Crippen molar-refractivity contribution in [2.24, 2.45) is 0 Å². The molecule has 18 heavy (non-hydrogen) atoms. The summed E-state index contributed by atoms with van der Waals surface area (Å²) < 4.78 is 0. The zero-order valence-electron chi connectivity index (χ0n) is 9.64. The molecular formula is C12H11ClN2O3. The number of carbonyl (C=O) groups is 3. The number of hydrogen-bond donors (Lipinski definition) is 1. The fourth-order valence-electron chi connectivity index (χ4n) is 1.89. The van der Waals surface area contributed by atoms with Crippen molar-refractivity contribution in [3.05, 3.63) is 28.8 Å². The quantitative estimate of drug-likeness (QED) is 0.641. The number of halogens is 1. The van der Waals surface area contributed by atoms with Gasteiger partial charge in [-0.15, -0.1) is 0 Å². The minimum atomic E-state index is -0.512. The Balaban J connectivity index is 2.43. The van der Waals surface area contributed by atoms with Gasteiger partial charge in [-0.3, -0.25) is 19.7 Å². The number of carbonyl (C=O) groups excluding carboxylic acids is 3. The minimum Gasteiger partial charge on any atom is -0.350 e. The topological polar surface area (TPSA) is 66.5 Å². The molecule has 2 amide bonds. The van der Waals surface area contributed by atoms with E-state index < -0.39 is 6.04 Å². The lowest BCUT2D eigenvalue weighted by Gasteiger charge is -2.34. The third-order valence-corrected chi connectivity index (χ3v) is 3.08. The maximum atomic E-state index is 11.6. The van der Waals surface area contributed by atoms with Crippen LogP contribution in [0, 0.1) is 0 Å². The monoisotopic (exact) mass is 266 g/mol. The van der Waals surface area contributed by atoms with Crippen LogP contribution < -0.4 is 10.2 Å². The average molecular weight is 267 g/mol. The normalized spacial score (nSPS) is 19.7. The Hall–Kier alpha value is -1.88. The lowest BCUT2D eigenvalue weighted by Crippen LogP contribution is -2.57. The van der Waals surface area contributed by atoms with E-state index in [1.54, 1.807) is 24.0 Å². The summed E-state index contributed by atoms with van der Waals surface area (Å²) in [5.74, 6) is -0.761. The molecule has 2 rings (SSSR count). The van der Waals surface area contributed by atoms with Gasteiger partial charge in [0.05, 0.1) is 6.54 Å². The van der Waals surface area contributed by atoms with Gasteiger partial charge in [-0.1, -0.05) is 11.6 Å². The van der Waals surface area contributed by atoms with Gasteiger partial charge in [-0.25, -0.2) is 0 Å². The molecule has 1 heterocycles. The van der Waals surface area contributed by atoms with Crippen LogP contribution >= 0.6 is 11.6 Å². The largest absolute Gasteiger partial charge is 0.350 e. The van der Waals surface area contributed by atoms with Crippen LogP contribution in [0.15, 0.2) is 18.2 Å². The number of benzene rings is 1. The van der Waals surface area contributed by atoms with E-state index in [1.807, 2.05) is 0 Å². The molecular weight excluding hydrogens is 256 g/mol. The summed E-state index contributed by atoms with van der Waals surface area (Å²) in [4.78, 5) is 35.6. The molecule has 0 spiro atoms. The van der Waals surface area contributed by atoms with Crippen LogP contribution in [0.5, 0.6) is 0 Å². The van der Waals surface area contributed by atoms with E-state index >= 15 is 0 Å². The van der Waals surface area contributed by atoms with Crippen molar-refractivity contribution in [2.45, 2.75) is 13.0 Å². The van der Waals surface area contributed by atoms with Gasteiger partial charge in [-0.05, 0) is 25.1 Å². The Labute approximate surface area is 109 Å². The number of rotatable bonds is 2. The van der Waals surface area contributed by atoms with E-state index in [9.17, 15) is 14.4 Å². The molecule has 6 heteroatoms. The SMILES string of the molecule is CC1C(=O)NC(=O)CN1c1ccc(Cl)cc1C=O. The van der Waals surface area contributed by atoms with Crippen LogP contribution in [0.2, 0.25) is 5.02 Å². The molecule has 0 aliphatic carbocycles. The molecule has 0 bridgehead atoms. The van der Waals surface area contributed by atoms with E-state index in [2.05, 4.69) is 5.32 Å². The lowest BCUT2D eigenvalue weighted by atomic mass is 10.1. The van der Waals surface area contributed by atoms with E-state index in [0.717, 1.165) is 0 Å². The molecule has 1 aromatic carbocycles. The summed E-state index contributed by atoms with van der Waals surface area (Å²) in [5, 5.41) is 2.68. The van der Waals surface area contributed by atoms with E-state index in [-0.39, 0.29) is 18.4 Å². The molecule has 1 aliphatic heterocycles. The highest BCUT2D eigenvalue weighted by atomic mass is 35.5. The second kappa shape index (κ2) is 4.78. The van der Waals surface area contributed by atoms with Crippen LogP contribution in [0.1, 0.15) is 17.3 Å². The third-order valence-electron chi connectivity index (χ3n) is 2.85. The second-order valence-electron chi connectivity index (χ2n) is 4.04. The lowest BCUT2D eigenvalue weighted by molar-refractivity contribution is -0.132. The van der Waals surface area contributed by atoms with Gasteiger partial charge in [0.15, 0.2) is 6.29 Å². The number of anilines is 1. The second-order valence-corrected chi connectivity index (χ2v) is 4.47. The van der Waals surface area contributed by atoms with Gasteiger partial charge in [0, 0.05) is 16.3 Å². The number of amides is 2. The summed E-state index contributed by atoms with van der Waals surface area (Å²) in [6, 6.07) is 4.25. The number of nitrogens with one attached hydrogen (secondary N) is 1. The zero-order valence-corrected chi connectivity index (χ0v) is 10.4. The first kappa shape index (κ1) is 12.6. The number of hydrogen-bond acceptors (Lipinski definition) is 4. The molecule has 1 aliphatic rings. The highest BCUT2D eigenvalue weighted by molar-refractivity contribution is 6.31. The van der Waals surface area contributed by atoms with Crippen molar-refractivity contribution in [1.82, 2.24) is 5.32 Å². The Morgan fingerprint density at radius 2 is 2.17 bits per heavy atom. The Morgan fingerprint density at radius 3 is 2.83 bits per heavy atom. The average Bonchev–Trinajstić information content (AvgIpc) is 2.34. The Kier molecular flexibility index (Phi) is 3.34. The van der Waals surface area contributed by atoms with Crippen molar-refractivity contribution in [3.8, 4) is 0 Å². The van der Waals surface area contributed by atoms with Gasteiger partial charge in [0.2, 0.25) is 11.8 Å². The van der Waals surface area contributed by atoms with Crippen LogP contribution in [0.25, 0.3) is 0 Å². The maximum absolute atomic E-state index is 11.6. The zero-order chi connectivity index (χ0) is 13.3. The predicted octanol–water partition coefficient (Wildman–Crippen LogP) is 1.00. The summed E-state index contributed by atoms with van der Waals surface area (Å²) >= 11 is 5.80. The molecule has 1 aromatic rings. The molecule has 0 saturated carbocycles. The summed E-state index contributed by atoms with van der Waals surface area (Å²) in [6.45, 7) is 1.71. The number of piperazine rings is 1. The van der Waals surface area contributed by atoms with Crippen molar-refractivity contribution in [3.63, 3.8) is 0 Å². The highest BCUT2D eigenvalue weighted by Crippen LogP contribution is 2.25. The molecule has 0 aromatic heterocycles. The Morgan fingerprint density at radius 1 is 1.44 bits per heavy atom. The molecule has 1 fully saturated rings. The summed E-state index contributed by atoms with van der Waals surface area (Å²) in [5.41, 5.74) is 0.891. The molecule has 94 valence electrons. The van der Waals surface area contributed by atoms with Crippen LogP contribution in [-0.2, 0) is 9.59 Å². The molecule has 5 nitrogen and oxygen atoms in total. The third kappa shape index (κ3) is 2.22. The maximum Gasteiger partial charge on any atom is 0.249 e.